The predicted molar refractivity (Wildman–Crippen MR) is 112 cm³/mol. The van der Waals surface area contributed by atoms with Gasteiger partial charge in [-0.3, -0.25) is 19.3 Å². The zero-order chi connectivity index (χ0) is 20.1. The van der Waals surface area contributed by atoms with Gasteiger partial charge in [-0.05, 0) is 48.9 Å². The molecule has 1 fully saturated rings. The normalized spacial score (nSPS) is 14.9. The maximum atomic E-state index is 12.4. The Morgan fingerprint density at radius 1 is 1.18 bits per heavy atom. The molecule has 146 valence electrons. The number of rotatable bonds is 7. The maximum Gasteiger partial charge on any atom is 0.289 e. The minimum atomic E-state index is -0.273. The second-order valence-corrected chi connectivity index (χ2v) is 8.50. The van der Waals surface area contributed by atoms with Gasteiger partial charge in [-0.2, -0.15) is 0 Å². The number of nitrogens with one attached hydrogen (secondary N) is 1. The van der Waals surface area contributed by atoms with Crippen LogP contribution in [0.2, 0.25) is 0 Å². The van der Waals surface area contributed by atoms with E-state index in [0.717, 1.165) is 28.0 Å². The summed E-state index contributed by atoms with van der Waals surface area (Å²) in [5.74, 6) is 0.709. The Bertz CT molecular complexity index is 853. The molecule has 0 radical (unpaired) electrons. The zero-order valence-electron chi connectivity index (χ0n) is 15.5. The summed E-state index contributed by atoms with van der Waals surface area (Å²) >= 11 is 2.48. The van der Waals surface area contributed by atoms with Crippen molar-refractivity contribution in [2.24, 2.45) is 0 Å². The molecule has 1 saturated heterocycles. The summed E-state index contributed by atoms with van der Waals surface area (Å²) in [6.07, 6.45) is 0. The Labute approximate surface area is 172 Å². The molecule has 0 spiro atoms. The highest BCUT2D eigenvalue weighted by molar-refractivity contribution is 8.14. The van der Waals surface area contributed by atoms with E-state index in [4.69, 9.17) is 4.74 Å². The van der Waals surface area contributed by atoms with Crippen molar-refractivity contribution < 1.29 is 19.1 Å². The van der Waals surface area contributed by atoms with Gasteiger partial charge in [0.2, 0.25) is 11.8 Å². The minimum absolute atomic E-state index is 0.102. The lowest BCUT2D eigenvalue weighted by Gasteiger charge is -2.14. The number of carbonyl (C=O) groups excluding carboxylic acids is 3. The second kappa shape index (κ2) is 9.16. The highest BCUT2D eigenvalue weighted by Gasteiger charge is 2.29. The molecule has 0 saturated carbocycles. The molecule has 2 aromatic carbocycles. The fourth-order valence-corrected chi connectivity index (χ4v) is 4.16. The molecule has 2 aromatic rings. The summed E-state index contributed by atoms with van der Waals surface area (Å²) in [5, 5.41) is 2.40. The highest BCUT2D eigenvalue weighted by atomic mass is 32.2. The maximum absolute atomic E-state index is 12.4. The van der Waals surface area contributed by atoms with E-state index in [1.165, 1.54) is 16.7 Å². The molecule has 1 aliphatic heterocycles. The van der Waals surface area contributed by atoms with Crippen LogP contribution in [0.15, 0.2) is 53.4 Å². The number of carbonyl (C=O) groups is 3. The third kappa shape index (κ3) is 5.08. The van der Waals surface area contributed by atoms with E-state index in [-0.39, 0.29) is 34.6 Å². The van der Waals surface area contributed by atoms with Crippen molar-refractivity contribution in [3.63, 3.8) is 0 Å². The van der Waals surface area contributed by atoms with Crippen molar-refractivity contribution in [2.45, 2.75) is 23.6 Å². The number of ether oxygens (including phenoxy) is 1. The summed E-state index contributed by atoms with van der Waals surface area (Å²) in [6.45, 7) is 2.10. The van der Waals surface area contributed by atoms with Gasteiger partial charge in [-0.1, -0.05) is 23.9 Å². The highest BCUT2D eigenvalue weighted by Crippen LogP contribution is 2.26. The molecule has 3 amide bonds. The van der Waals surface area contributed by atoms with Crippen LogP contribution in [0.5, 0.6) is 5.75 Å². The van der Waals surface area contributed by atoms with Crippen LogP contribution in [-0.2, 0) is 16.1 Å². The lowest BCUT2D eigenvalue weighted by Crippen LogP contribution is -2.27. The standard InChI is InChI=1S/C20H20N2O4S2/c1-13(28-17-9-7-16(26-2)8-10-17)19(24)21-15-5-3-14(4-6-15)11-22-18(23)12-27-20(22)25/h3-10,13H,11-12H2,1-2H3,(H,21,24). The number of thioether (sulfide) groups is 2. The minimum Gasteiger partial charge on any atom is -0.497 e. The van der Waals surface area contributed by atoms with E-state index in [1.807, 2.05) is 31.2 Å². The van der Waals surface area contributed by atoms with Gasteiger partial charge in [0, 0.05) is 10.6 Å². The quantitative estimate of drug-likeness (QED) is 0.688. The van der Waals surface area contributed by atoms with Gasteiger partial charge in [0.15, 0.2) is 0 Å². The van der Waals surface area contributed by atoms with Gasteiger partial charge in [0.1, 0.15) is 5.75 Å². The topological polar surface area (TPSA) is 75.7 Å². The van der Waals surface area contributed by atoms with Crippen molar-refractivity contribution in [2.75, 3.05) is 18.2 Å². The molecule has 0 aromatic heterocycles. The van der Waals surface area contributed by atoms with Crippen molar-refractivity contribution in [3.8, 4) is 5.75 Å². The summed E-state index contributed by atoms with van der Waals surface area (Å²) in [5.41, 5.74) is 1.51. The smallest absolute Gasteiger partial charge is 0.289 e. The number of benzene rings is 2. The molecule has 1 N–H and O–H groups in total. The first-order valence-electron chi connectivity index (χ1n) is 8.64. The first kappa shape index (κ1) is 20.3. The lowest BCUT2D eigenvalue weighted by atomic mass is 10.2. The Hall–Kier alpha value is -2.45. The molecule has 0 aliphatic carbocycles. The van der Waals surface area contributed by atoms with Crippen LogP contribution in [0.1, 0.15) is 12.5 Å². The summed E-state index contributed by atoms with van der Waals surface area (Å²) in [4.78, 5) is 38.0. The van der Waals surface area contributed by atoms with Crippen LogP contribution in [0.4, 0.5) is 10.5 Å². The van der Waals surface area contributed by atoms with Crippen molar-refractivity contribution in [1.82, 2.24) is 4.90 Å². The van der Waals surface area contributed by atoms with Crippen molar-refractivity contribution in [3.05, 3.63) is 54.1 Å². The van der Waals surface area contributed by atoms with Crippen LogP contribution in [-0.4, -0.2) is 40.1 Å². The van der Waals surface area contributed by atoms with Crippen LogP contribution in [0, 0.1) is 0 Å². The van der Waals surface area contributed by atoms with E-state index in [2.05, 4.69) is 5.32 Å². The Morgan fingerprint density at radius 2 is 1.86 bits per heavy atom. The van der Waals surface area contributed by atoms with E-state index >= 15 is 0 Å². The zero-order valence-corrected chi connectivity index (χ0v) is 17.1. The third-order valence-electron chi connectivity index (χ3n) is 4.14. The van der Waals surface area contributed by atoms with Gasteiger partial charge < -0.3 is 10.1 Å². The molecule has 1 heterocycles. The first-order chi connectivity index (χ1) is 13.5. The number of methoxy groups -OCH3 is 1. The number of nitrogens with zero attached hydrogens (tertiary/aromatic N) is 1. The van der Waals surface area contributed by atoms with Crippen LogP contribution in [0.3, 0.4) is 0 Å². The predicted octanol–water partition coefficient (Wildman–Crippen LogP) is 4.01. The molecule has 8 heteroatoms. The molecule has 0 bridgehead atoms. The molecule has 1 unspecified atom stereocenters. The summed E-state index contributed by atoms with van der Waals surface area (Å²) in [7, 11) is 1.61. The van der Waals surface area contributed by atoms with Gasteiger partial charge in [0.05, 0.1) is 24.7 Å². The summed E-state index contributed by atoms with van der Waals surface area (Å²) in [6, 6.07) is 14.7. The molecule has 1 aliphatic rings. The number of imide groups is 1. The van der Waals surface area contributed by atoms with Crippen LogP contribution in [0.25, 0.3) is 0 Å². The van der Waals surface area contributed by atoms with Gasteiger partial charge in [-0.25, -0.2) is 0 Å². The van der Waals surface area contributed by atoms with E-state index < -0.39 is 0 Å². The van der Waals surface area contributed by atoms with E-state index in [0.29, 0.717) is 5.69 Å². The summed E-state index contributed by atoms with van der Waals surface area (Å²) < 4.78 is 5.13. The Kier molecular flexibility index (Phi) is 6.64. The monoisotopic (exact) mass is 416 g/mol. The van der Waals surface area contributed by atoms with Crippen LogP contribution < -0.4 is 10.1 Å². The SMILES string of the molecule is COc1ccc(SC(C)C(=O)Nc2ccc(CN3C(=O)CSC3=O)cc2)cc1. The molecule has 3 rings (SSSR count). The van der Waals surface area contributed by atoms with E-state index in [9.17, 15) is 14.4 Å². The van der Waals surface area contributed by atoms with Crippen molar-refractivity contribution in [1.29, 1.82) is 0 Å². The first-order valence-corrected chi connectivity index (χ1v) is 10.5. The average Bonchev–Trinajstić information content (AvgIpc) is 3.02. The Morgan fingerprint density at radius 3 is 2.43 bits per heavy atom. The van der Waals surface area contributed by atoms with Crippen molar-refractivity contribution >= 4 is 46.3 Å². The molecular formula is C20H20N2O4S2. The number of anilines is 1. The largest absolute Gasteiger partial charge is 0.497 e. The fourth-order valence-electron chi connectivity index (χ4n) is 2.57. The fraction of sp³-hybridized carbons (Fsp3) is 0.250. The van der Waals surface area contributed by atoms with E-state index in [1.54, 1.807) is 31.4 Å². The third-order valence-corrected chi connectivity index (χ3v) is 6.11. The van der Waals surface area contributed by atoms with Crippen LogP contribution >= 0.6 is 23.5 Å². The molecule has 1 atom stereocenters. The lowest BCUT2D eigenvalue weighted by molar-refractivity contribution is -0.125. The number of hydrogen-bond donors (Lipinski definition) is 1. The second-order valence-electron chi connectivity index (χ2n) is 6.16. The molecule has 28 heavy (non-hydrogen) atoms. The Balaban J connectivity index is 1.54. The average molecular weight is 417 g/mol. The van der Waals surface area contributed by atoms with Gasteiger partial charge >= 0.3 is 0 Å². The molecule has 6 nitrogen and oxygen atoms in total. The number of hydrogen-bond acceptors (Lipinski definition) is 6. The van der Waals surface area contributed by atoms with Gasteiger partial charge in [-0.15, -0.1) is 11.8 Å². The number of amides is 3. The molecular weight excluding hydrogens is 396 g/mol. The van der Waals surface area contributed by atoms with Gasteiger partial charge in [0.25, 0.3) is 5.24 Å².